The molecule has 2 heterocycles. The molecule has 1 aromatic carbocycles. The minimum atomic E-state index is -0.551. The van der Waals surface area contributed by atoms with Crippen molar-refractivity contribution in [2.45, 2.75) is 6.54 Å². The van der Waals surface area contributed by atoms with Crippen molar-refractivity contribution in [1.82, 2.24) is 9.78 Å². The Hall–Kier alpha value is -2.96. The number of hydrogen-bond donors (Lipinski definition) is 0. The molecule has 0 radical (unpaired) electrons. The predicted molar refractivity (Wildman–Crippen MR) is 77.0 cm³/mol. The fourth-order valence-corrected chi connectivity index (χ4v) is 1.87. The largest absolute Gasteiger partial charge is 0.497 e. The molecule has 0 saturated carbocycles. The Labute approximate surface area is 125 Å². The highest BCUT2D eigenvalue weighted by Crippen LogP contribution is 2.17. The van der Waals surface area contributed by atoms with E-state index in [0.29, 0.717) is 11.5 Å². The fraction of sp³-hybridized carbons (Fsp3) is 0.200. The number of methoxy groups -OCH3 is 1. The Kier molecular flexibility index (Phi) is 3.95. The number of hydrogen-bond acceptors (Lipinski definition) is 6. The summed E-state index contributed by atoms with van der Waals surface area (Å²) >= 11 is 0. The van der Waals surface area contributed by atoms with Crippen LogP contribution in [0.25, 0.3) is 11.7 Å². The van der Waals surface area contributed by atoms with Gasteiger partial charge in [-0.1, -0.05) is 0 Å². The summed E-state index contributed by atoms with van der Waals surface area (Å²) in [5.74, 6) is 1.45. The van der Waals surface area contributed by atoms with E-state index in [9.17, 15) is 4.79 Å². The molecule has 0 N–H and O–H groups in total. The number of benzene rings is 1. The number of nitrogens with zero attached hydrogens (tertiary/aromatic N) is 2. The van der Waals surface area contributed by atoms with Crippen molar-refractivity contribution in [2.75, 3.05) is 13.7 Å². The maximum absolute atomic E-state index is 11.7. The lowest BCUT2D eigenvalue weighted by Crippen LogP contribution is -2.20. The third-order valence-corrected chi connectivity index (χ3v) is 2.97. The van der Waals surface area contributed by atoms with Gasteiger partial charge in [0.05, 0.1) is 19.9 Å². The van der Waals surface area contributed by atoms with Gasteiger partial charge in [0.2, 0.25) is 0 Å². The summed E-state index contributed by atoms with van der Waals surface area (Å²) in [5, 5.41) is 4.05. The van der Waals surface area contributed by atoms with Gasteiger partial charge in [0.1, 0.15) is 18.1 Å². The maximum atomic E-state index is 11.7. The van der Waals surface area contributed by atoms with Crippen molar-refractivity contribution in [2.24, 2.45) is 0 Å². The van der Waals surface area contributed by atoms with Crippen LogP contribution >= 0.6 is 0 Å². The second kappa shape index (κ2) is 6.21. The lowest BCUT2D eigenvalue weighted by molar-refractivity contribution is 0.285. The molecule has 2 aromatic heterocycles. The average molecular weight is 302 g/mol. The summed E-state index contributed by atoms with van der Waals surface area (Å²) in [5.41, 5.74) is 0. The predicted octanol–water partition coefficient (Wildman–Crippen LogP) is 2.18. The van der Waals surface area contributed by atoms with E-state index < -0.39 is 5.76 Å². The summed E-state index contributed by atoms with van der Waals surface area (Å²) in [6.45, 7) is 0.561. The second-order valence-corrected chi connectivity index (χ2v) is 4.40. The van der Waals surface area contributed by atoms with Crippen molar-refractivity contribution in [3.05, 3.63) is 53.2 Å². The maximum Gasteiger partial charge on any atom is 0.437 e. The Morgan fingerprint density at radius 2 is 1.95 bits per heavy atom. The molecule has 0 fully saturated rings. The number of aromatic nitrogens is 2. The molecule has 7 heteroatoms. The van der Waals surface area contributed by atoms with Gasteiger partial charge in [0, 0.05) is 0 Å². The quantitative estimate of drug-likeness (QED) is 0.694. The van der Waals surface area contributed by atoms with Crippen LogP contribution < -0.4 is 15.2 Å². The molecule has 114 valence electrons. The van der Waals surface area contributed by atoms with Gasteiger partial charge in [0.25, 0.3) is 5.89 Å². The van der Waals surface area contributed by atoms with Crippen molar-refractivity contribution in [3.63, 3.8) is 0 Å². The van der Waals surface area contributed by atoms with E-state index in [2.05, 4.69) is 5.10 Å². The van der Waals surface area contributed by atoms with Crippen molar-refractivity contribution in [3.8, 4) is 23.1 Å². The third kappa shape index (κ3) is 3.03. The molecule has 3 aromatic rings. The van der Waals surface area contributed by atoms with Crippen molar-refractivity contribution in [1.29, 1.82) is 0 Å². The molecule has 22 heavy (non-hydrogen) atoms. The van der Waals surface area contributed by atoms with Crippen LogP contribution in [0.3, 0.4) is 0 Å². The third-order valence-electron chi connectivity index (χ3n) is 2.97. The van der Waals surface area contributed by atoms with Crippen LogP contribution in [-0.4, -0.2) is 23.5 Å². The molecule has 3 rings (SSSR count). The van der Waals surface area contributed by atoms with Crippen LogP contribution in [-0.2, 0) is 6.54 Å². The molecule has 0 amide bonds. The summed E-state index contributed by atoms with van der Waals surface area (Å²) in [6, 6.07) is 10.5. The molecule has 0 atom stereocenters. The van der Waals surface area contributed by atoms with Gasteiger partial charge in [-0.05, 0) is 36.4 Å². The molecular formula is C15H14N2O5. The van der Waals surface area contributed by atoms with Gasteiger partial charge in [0.15, 0.2) is 5.76 Å². The van der Waals surface area contributed by atoms with E-state index in [1.54, 1.807) is 43.5 Å². The zero-order chi connectivity index (χ0) is 15.4. The van der Waals surface area contributed by atoms with Crippen molar-refractivity contribution < 1.29 is 18.3 Å². The van der Waals surface area contributed by atoms with Gasteiger partial charge in [-0.25, -0.2) is 4.79 Å². The van der Waals surface area contributed by atoms with Crippen LogP contribution in [0.1, 0.15) is 0 Å². The summed E-state index contributed by atoms with van der Waals surface area (Å²) in [4.78, 5) is 11.7. The first-order valence-corrected chi connectivity index (χ1v) is 6.65. The van der Waals surface area contributed by atoms with Gasteiger partial charge in [-0.15, -0.1) is 5.10 Å². The highest BCUT2D eigenvalue weighted by Gasteiger charge is 2.12. The van der Waals surface area contributed by atoms with Gasteiger partial charge in [-0.3, -0.25) is 0 Å². The van der Waals surface area contributed by atoms with E-state index >= 15 is 0 Å². The molecule has 0 unspecified atom stereocenters. The number of ether oxygens (including phenoxy) is 2. The molecule has 0 saturated heterocycles. The molecule has 0 spiro atoms. The Morgan fingerprint density at radius 3 is 2.64 bits per heavy atom. The molecule has 7 nitrogen and oxygen atoms in total. The first-order chi connectivity index (χ1) is 10.8. The smallest absolute Gasteiger partial charge is 0.437 e. The van der Waals surface area contributed by atoms with E-state index in [1.165, 1.54) is 10.9 Å². The second-order valence-electron chi connectivity index (χ2n) is 4.40. The molecule has 0 aliphatic rings. The average Bonchev–Trinajstić information content (AvgIpc) is 3.18. The Bertz CT molecular complexity index is 771. The normalized spacial score (nSPS) is 10.6. The van der Waals surface area contributed by atoms with Crippen molar-refractivity contribution >= 4 is 0 Å². The summed E-state index contributed by atoms with van der Waals surface area (Å²) in [7, 11) is 1.60. The van der Waals surface area contributed by atoms with Gasteiger partial charge in [-0.2, -0.15) is 4.68 Å². The highest BCUT2D eigenvalue weighted by molar-refractivity contribution is 5.42. The van der Waals surface area contributed by atoms with Gasteiger partial charge < -0.3 is 18.3 Å². The molecular weight excluding hydrogens is 288 g/mol. The molecule has 0 aliphatic carbocycles. The minimum Gasteiger partial charge on any atom is -0.497 e. The first kappa shape index (κ1) is 14.0. The SMILES string of the molecule is COc1ccc(OCCn2nc(-c3ccco3)oc2=O)cc1. The summed E-state index contributed by atoms with van der Waals surface area (Å²) < 4.78 is 22.0. The lowest BCUT2D eigenvalue weighted by atomic mass is 10.3. The summed E-state index contributed by atoms with van der Waals surface area (Å²) in [6.07, 6.45) is 1.49. The van der Waals surface area contributed by atoms with E-state index in [4.69, 9.17) is 18.3 Å². The monoisotopic (exact) mass is 302 g/mol. The zero-order valence-electron chi connectivity index (χ0n) is 11.9. The first-order valence-electron chi connectivity index (χ1n) is 6.65. The lowest BCUT2D eigenvalue weighted by Gasteiger charge is -2.06. The molecule has 0 aliphatic heterocycles. The van der Waals surface area contributed by atoms with Crippen LogP contribution in [0.15, 0.2) is 56.3 Å². The van der Waals surface area contributed by atoms with Crippen LogP contribution in [0, 0.1) is 0 Å². The van der Waals surface area contributed by atoms with Crippen LogP contribution in [0.2, 0.25) is 0 Å². The standard InChI is InChI=1S/C15H14N2O5/c1-19-11-4-6-12(7-5-11)20-10-8-17-15(18)22-14(16-17)13-3-2-9-21-13/h2-7,9H,8,10H2,1H3. The highest BCUT2D eigenvalue weighted by atomic mass is 16.5. The van der Waals surface area contributed by atoms with Crippen LogP contribution in [0.4, 0.5) is 0 Å². The number of furan rings is 1. The van der Waals surface area contributed by atoms with E-state index in [1.807, 2.05) is 0 Å². The van der Waals surface area contributed by atoms with E-state index in [-0.39, 0.29) is 19.0 Å². The number of rotatable bonds is 6. The molecule has 0 bridgehead atoms. The minimum absolute atomic E-state index is 0.152. The Balaban J connectivity index is 1.60. The van der Waals surface area contributed by atoms with E-state index in [0.717, 1.165) is 5.75 Å². The topological polar surface area (TPSA) is 79.6 Å². The zero-order valence-corrected chi connectivity index (χ0v) is 11.9. The fourth-order valence-electron chi connectivity index (χ4n) is 1.87. The van der Waals surface area contributed by atoms with Gasteiger partial charge >= 0.3 is 5.76 Å². The Morgan fingerprint density at radius 1 is 1.18 bits per heavy atom. The van der Waals surface area contributed by atoms with Crippen LogP contribution in [0.5, 0.6) is 11.5 Å².